The molecule has 7 nitrogen and oxygen atoms in total. The van der Waals surface area contributed by atoms with Crippen LogP contribution in [0.1, 0.15) is 12.8 Å². The largest absolute Gasteiger partial charge is 0.340 e. The molecule has 0 saturated carbocycles. The van der Waals surface area contributed by atoms with Crippen molar-refractivity contribution in [3.8, 4) is 29.2 Å². The Labute approximate surface area is 183 Å². The number of thioether (sulfide) groups is 1. The summed E-state index contributed by atoms with van der Waals surface area (Å²) in [5.41, 5.74) is 1.05. The molecule has 0 aliphatic carbocycles. The van der Waals surface area contributed by atoms with Crippen molar-refractivity contribution in [1.29, 1.82) is 10.5 Å². The van der Waals surface area contributed by atoms with E-state index >= 15 is 0 Å². The number of nitrogens with zero attached hydrogens (tertiary/aromatic N) is 6. The number of aromatic nitrogens is 3. The Bertz CT molecular complexity index is 1100. The predicted octanol–water partition coefficient (Wildman–Crippen LogP) is 3.82. The summed E-state index contributed by atoms with van der Waals surface area (Å²) in [6.07, 6.45) is 0.388. The fourth-order valence-electron chi connectivity index (χ4n) is 2.94. The van der Waals surface area contributed by atoms with Gasteiger partial charge in [0.25, 0.3) is 0 Å². The first-order valence-electron chi connectivity index (χ1n) is 9.56. The molecule has 0 fully saturated rings. The zero-order valence-electron chi connectivity index (χ0n) is 16.6. The first-order valence-corrected chi connectivity index (χ1v) is 10.5. The highest BCUT2D eigenvalue weighted by atomic mass is 32.2. The number of amides is 1. The first kappa shape index (κ1) is 22.0. The van der Waals surface area contributed by atoms with Crippen LogP contribution in [-0.4, -0.2) is 44.4 Å². The van der Waals surface area contributed by atoms with Crippen LogP contribution in [0.5, 0.6) is 0 Å². The van der Waals surface area contributed by atoms with Crippen LogP contribution in [0, 0.1) is 28.5 Å². The molecule has 0 bridgehead atoms. The molecule has 0 aliphatic rings. The second-order valence-electron chi connectivity index (χ2n) is 6.44. The molecule has 0 atom stereocenters. The van der Waals surface area contributed by atoms with Crippen LogP contribution in [0.4, 0.5) is 4.39 Å². The van der Waals surface area contributed by atoms with E-state index in [2.05, 4.69) is 10.2 Å². The summed E-state index contributed by atoms with van der Waals surface area (Å²) in [5, 5.41) is 26.5. The average Bonchev–Trinajstić information content (AvgIpc) is 3.22. The molecule has 0 saturated heterocycles. The third-order valence-corrected chi connectivity index (χ3v) is 5.34. The number of carbonyl (C=O) groups is 1. The van der Waals surface area contributed by atoms with Crippen LogP contribution in [0.15, 0.2) is 59.8 Å². The van der Waals surface area contributed by atoms with Gasteiger partial charge in [0.2, 0.25) is 5.91 Å². The van der Waals surface area contributed by atoms with Crippen molar-refractivity contribution in [3.05, 3.63) is 60.4 Å². The fraction of sp³-hybridized carbons (Fsp3) is 0.227. The lowest BCUT2D eigenvalue weighted by atomic mass is 10.2. The van der Waals surface area contributed by atoms with E-state index < -0.39 is 5.82 Å². The van der Waals surface area contributed by atoms with Gasteiger partial charge in [-0.25, -0.2) is 4.39 Å². The summed E-state index contributed by atoms with van der Waals surface area (Å²) in [6, 6.07) is 19.6. The van der Waals surface area contributed by atoms with Gasteiger partial charge >= 0.3 is 0 Å². The van der Waals surface area contributed by atoms with Crippen molar-refractivity contribution < 1.29 is 9.18 Å². The van der Waals surface area contributed by atoms with Gasteiger partial charge in [0, 0.05) is 18.8 Å². The number of hydrogen-bond acceptors (Lipinski definition) is 6. The van der Waals surface area contributed by atoms with E-state index in [9.17, 15) is 9.18 Å². The smallest absolute Gasteiger partial charge is 0.233 e. The number of rotatable bonds is 9. The second-order valence-corrected chi connectivity index (χ2v) is 7.39. The SMILES string of the molecule is N#CCCN(CCC#N)C(=O)CSc1nnc(-c2ccccc2F)n1-c1ccccc1. The van der Waals surface area contributed by atoms with Crippen LogP contribution in [0.3, 0.4) is 0 Å². The molecule has 3 rings (SSSR count). The molecular formula is C22H19FN6OS. The second kappa shape index (κ2) is 10.9. The monoisotopic (exact) mass is 434 g/mol. The molecule has 3 aromatic rings. The van der Waals surface area contributed by atoms with Crippen molar-refractivity contribution in [2.75, 3.05) is 18.8 Å². The molecule has 31 heavy (non-hydrogen) atoms. The van der Waals surface area contributed by atoms with Crippen LogP contribution in [0.2, 0.25) is 0 Å². The van der Waals surface area contributed by atoms with E-state index in [-0.39, 0.29) is 37.6 Å². The van der Waals surface area contributed by atoms with Gasteiger partial charge in [0.1, 0.15) is 5.82 Å². The minimum Gasteiger partial charge on any atom is -0.340 e. The number of hydrogen-bond donors (Lipinski definition) is 0. The quantitative estimate of drug-likeness (QED) is 0.475. The number of carbonyl (C=O) groups excluding carboxylic acids is 1. The van der Waals surface area contributed by atoms with Gasteiger partial charge in [0.15, 0.2) is 11.0 Å². The summed E-state index contributed by atoms with van der Waals surface area (Å²) in [7, 11) is 0. The summed E-state index contributed by atoms with van der Waals surface area (Å²) in [5.74, 6) is -0.228. The fourth-order valence-corrected chi connectivity index (χ4v) is 3.79. The van der Waals surface area contributed by atoms with E-state index in [1.807, 2.05) is 42.5 Å². The molecule has 0 spiro atoms. The Kier molecular flexibility index (Phi) is 7.74. The number of halogens is 1. The predicted molar refractivity (Wildman–Crippen MR) is 115 cm³/mol. The van der Waals surface area contributed by atoms with Crippen LogP contribution in [0.25, 0.3) is 17.1 Å². The third-order valence-electron chi connectivity index (χ3n) is 4.43. The molecule has 156 valence electrons. The minimum atomic E-state index is -0.418. The lowest BCUT2D eigenvalue weighted by Crippen LogP contribution is -2.34. The van der Waals surface area contributed by atoms with Gasteiger partial charge in [-0.15, -0.1) is 10.2 Å². The molecule has 0 radical (unpaired) electrons. The van der Waals surface area contributed by atoms with Gasteiger partial charge in [-0.05, 0) is 24.3 Å². The number of benzene rings is 2. The van der Waals surface area contributed by atoms with Crippen molar-refractivity contribution in [1.82, 2.24) is 19.7 Å². The highest BCUT2D eigenvalue weighted by molar-refractivity contribution is 7.99. The van der Waals surface area contributed by atoms with E-state index in [0.717, 1.165) is 5.69 Å². The third kappa shape index (κ3) is 5.47. The number of para-hydroxylation sites is 1. The number of nitriles is 2. The first-order chi connectivity index (χ1) is 15.2. The van der Waals surface area contributed by atoms with E-state index in [1.165, 1.54) is 22.7 Å². The summed E-state index contributed by atoms with van der Waals surface area (Å²) >= 11 is 1.18. The lowest BCUT2D eigenvalue weighted by molar-refractivity contribution is -0.128. The van der Waals surface area contributed by atoms with Crippen molar-refractivity contribution in [3.63, 3.8) is 0 Å². The van der Waals surface area contributed by atoms with Crippen molar-refractivity contribution in [2.45, 2.75) is 18.0 Å². The molecule has 1 aromatic heterocycles. The molecule has 0 N–H and O–H groups in total. The van der Waals surface area contributed by atoms with E-state index in [4.69, 9.17) is 10.5 Å². The Hall–Kier alpha value is -3.69. The lowest BCUT2D eigenvalue weighted by Gasteiger charge is -2.20. The minimum absolute atomic E-state index is 0.0547. The summed E-state index contributed by atoms with van der Waals surface area (Å²) < 4.78 is 16.1. The molecule has 0 aliphatic heterocycles. The topological polar surface area (TPSA) is 98.6 Å². The summed E-state index contributed by atoms with van der Waals surface area (Å²) in [4.78, 5) is 14.2. The maximum atomic E-state index is 14.4. The highest BCUT2D eigenvalue weighted by Crippen LogP contribution is 2.29. The Balaban J connectivity index is 1.88. The van der Waals surface area contributed by atoms with Gasteiger partial charge < -0.3 is 4.90 Å². The summed E-state index contributed by atoms with van der Waals surface area (Å²) in [6.45, 7) is 0.535. The molecule has 9 heteroatoms. The van der Waals surface area contributed by atoms with Gasteiger partial charge in [-0.2, -0.15) is 10.5 Å². The van der Waals surface area contributed by atoms with Crippen molar-refractivity contribution >= 4 is 17.7 Å². The maximum absolute atomic E-state index is 14.4. The molecule has 1 amide bonds. The van der Waals surface area contributed by atoms with Crippen LogP contribution < -0.4 is 0 Å². The highest BCUT2D eigenvalue weighted by Gasteiger charge is 2.20. The molecule has 1 heterocycles. The van der Waals surface area contributed by atoms with Crippen LogP contribution >= 0.6 is 11.8 Å². The van der Waals surface area contributed by atoms with E-state index in [0.29, 0.717) is 16.5 Å². The Morgan fingerprint density at radius 1 is 1.00 bits per heavy atom. The van der Waals surface area contributed by atoms with Gasteiger partial charge in [-0.3, -0.25) is 9.36 Å². The Morgan fingerprint density at radius 3 is 2.29 bits per heavy atom. The van der Waals surface area contributed by atoms with Gasteiger partial charge in [0.05, 0.1) is 36.3 Å². The average molecular weight is 435 g/mol. The van der Waals surface area contributed by atoms with E-state index in [1.54, 1.807) is 22.8 Å². The maximum Gasteiger partial charge on any atom is 0.233 e. The van der Waals surface area contributed by atoms with Crippen molar-refractivity contribution in [2.24, 2.45) is 0 Å². The zero-order valence-corrected chi connectivity index (χ0v) is 17.4. The molecular weight excluding hydrogens is 415 g/mol. The zero-order chi connectivity index (χ0) is 22.1. The Morgan fingerprint density at radius 2 is 1.65 bits per heavy atom. The van der Waals surface area contributed by atoms with Gasteiger partial charge in [-0.1, -0.05) is 42.1 Å². The standard InChI is InChI=1S/C22H19FN6OS/c23-19-11-5-4-10-18(19)21-26-27-22(29(21)17-8-2-1-3-9-17)31-16-20(30)28(14-6-12-24)15-7-13-25/h1-5,8-11H,6-7,14-16H2. The van der Waals surface area contributed by atoms with Crippen LogP contribution in [-0.2, 0) is 4.79 Å². The molecule has 0 unspecified atom stereocenters. The normalized spacial score (nSPS) is 10.3. The molecule has 2 aromatic carbocycles.